The van der Waals surface area contributed by atoms with Crippen LogP contribution in [0.25, 0.3) is 0 Å². The maximum atomic E-state index is 12.1. The predicted octanol–water partition coefficient (Wildman–Crippen LogP) is 0.460. The Morgan fingerprint density at radius 1 is 1.44 bits per heavy atom. The highest BCUT2D eigenvalue weighted by Gasteiger charge is 2.50. The number of fused-ring (bicyclic) bond motifs is 1. The number of aliphatic hydroxyl groups is 1. The Morgan fingerprint density at radius 2 is 2.11 bits per heavy atom. The molecule has 1 amide bonds. The highest BCUT2D eigenvalue weighted by molar-refractivity contribution is 5.69. The van der Waals surface area contributed by atoms with Crippen molar-refractivity contribution in [3.8, 4) is 0 Å². The number of aliphatic hydroxyl groups excluding tert-OH is 1. The van der Waals surface area contributed by atoms with Crippen LogP contribution in [0.1, 0.15) is 20.8 Å². The fourth-order valence-electron chi connectivity index (χ4n) is 2.62. The molecular weight excluding hydrogens is 236 g/mol. The summed E-state index contributed by atoms with van der Waals surface area (Å²) < 4.78 is 5.35. The van der Waals surface area contributed by atoms with E-state index in [1.54, 1.807) is 9.96 Å². The highest BCUT2D eigenvalue weighted by atomic mass is 16.7. The summed E-state index contributed by atoms with van der Waals surface area (Å²) in [5.74, 6) is 0.250. The molecule has 0 spiro atoms. The first kappa shape index (κ1) is 13.6. The van der Waals surface area contributed by atoms with E-state index in [2.05, 4.69) is 0 Å². The van der Waals surface area contributed by atoms with Crippen molar-refractivity contribution in [2.24, 2.45) is 5.92 Å². The quantitative estimate of drug-likeness (QED) is 0.740. The van der Waals surface area contributed by atoms with Crippen LogP contribution in [0.15, 0.2) is 0 Å². The molecule has 0 aliphatic carbocycles. The SMILES string of the molecule is CN1C[C@H]2CN(C(=O)OC(C)(C)C)[C@H](CO)[C@H]2O1. The van der Waals surface area contributed by atoms with Crippen LogP contribution >= 0.6 is 0 Å². The van der Waals surface area contributed by atoms with E-state index in [1.165, 1.54) is 0 Å². The van der Waals surface area contributed by atoms with Crippen molar-refractivity contribution in [2.45, 2.75) is 38.5 Å². The van der Waals surface area contributed by atoms with Gasteiger partial charge in [0.05, 0.1) is 12.6 Å². The van der Waals surface area contributed by atoms with E-state index in [0.29, 0.717) is 6.54 Å². The molecule has 0 aromatic rings. The lowest BCUT2D eigenvalue weighted by atomic mass is 10.0. The zero-order valence-corrected chi connectivity index (χ0v) is 11.4. The maximum Gasteiger partial charge on any atom is 0.410 e. The van der Waals surface area contributed by atoms with E-state index in [0.717, 1.165) is 6.54 Å². The molecule has 0 unspecified atom stereocenters. The minimum atomic E-state index is -0.521. The van der Waals surface area contributed by atoms with Gasteiger partial charge in [-0.05, 0) is 20.8 Å². The van der Waals surface area contributed by atoms with Gasteiger partial charge in [0, 0.05) is 26.1 Å². The smallest absolute Gasteiger partial charge is 0.410 e. The van der Waals surface area contributed by atoms with E-state index in [9.17, 15) is 9.90 Å². The fraction of sp³-hybridized carbons (Fsp3) is 0.917. The third-order valence-electron chi connectivity index (χ3n) is 3.28. The van der Waals surface area contributed by atoms with E-state index in [-0.39, 0.29) is 30.8 Å². The van der Waals surface area contributed by atoms with Gasteiger partial charge in [0.25, 0.3) is 0 Å². The zero-order valence-electron chi connectivity index (χ0n) is 11.4. The van der Waals surface area contributed by atoms with Crippen LogP contribution in [-0.4, -0.2) is 65.7 Å². The second kappa shape index (κ2) is 4.68. The summed E-state index contributed by atoms with van der Waals surface area (Å²) in [5, 5.41) is 11.2. The van der Waals surface area contributed by atoms with Gasteiger partial charge in [-0.25, -0.2) is 4.79 Å². The number of hydrogen-bond donors (Lipinski definition) is 1. The fourth-order valence-corrected chi connectivity index (χ4v) is 2.62. The molecule has 6 heteroatoms. The lowest BCUT2D eigenvalue weighted by Gasteiger charge is -2.29. The van der Waals surface area contributed by atoms with Crippen molar-refractivity contribution in [2.75, 3.05) is 26.7 Å². The lowest BCUT2D eigenvalue weighted by molar-refractivity contribution is -0.144. The molecule has 2 aliphatic heterocycles. The molecule has 3 atom stereocenters. The van der Waals surface area contributed by atoms with Crippen molar-refractivity contribution in [3.05, 3.63) is 0 Å². The van der Waals surface area contributed by atoms with Crippen molar-refractivity contribution in [1.82, 2.24) is 9.96 Å². The average molecular weight is 258 g/mol. The Balaban J connectivity index is 2.04. The third kappa shape index (κ3) is 2.60. The first-order valence-electron chi connectivity index (χ1n) is 6.30. The molecule has 2 rings (SSSR count). The molecular formula is C12H22N2O4. The molecule has 18 heavy (non-hydrogen) atoms. The first-order chi connectivity index (χ1) is 8.31. The van der Waals surface area contributed by atoms with Gasteiger partial charge in [0.2, 0.25) is 0 Å². The molecule has 0 saturated carbocycles. The minimum absolute atomic E-state index is 0.103. The van der Waals surface area contributed by atoms with Gasteiger partial charge in [-0.2, -0.15) is 5.06 Å². The lowest BCUT2D eigenvalue weighted by Crippen LogP contribution is -2.45. The van der Waals surface area contributed by atoms with Crippen LogP contribution in [0.4, 0.5) is 4.79 Å². The number of nitrogens with zero attached hydrogens (tertiary/aromatic N) is 2. The summed E-state index contributed by atoms with van der Waals surface area (Å²) in [7, 11) is 1.87. The Bertz CT molecular complexity index is 329. The number of hydroxylamine groups is 2. The summed E-state index contributed by atoms with van der Waals surface area (Å²) in [6.07, 6.45) is -0.491. The van der Waals surface area contributed by atoms with Gasteiger partial charge >= 0.3 is 6.09 Å². The summed E-state index contributed by atoms with van der Waals surface area (Å²) in [4.78, 5) is 19.3. The molecule has 2 fully saturated rings. The molecule has 2 heterocycles. The van der Waals surface area contributed by atoms with Crippen LogP contribution in [0.2, 0.25) is 0 Å². The molecule has 0 radical (unpaired) electrons. The molecule has 6 nitrogen and oxygen atoms in total. The van der Waals surface area contributed by atoms with Crippen LogP contribution in [0.5, 0.6) is 0 Å². The second-order valence-electron chi connectivity index (χ2n) is 6.02. The van der Waals surface area contributed by atoms with Crippen LogP contribution in [0.3, 0.4) is 0 Å². The number of carbonyl (C=O) groups excluding carboxylic acids is 1. The van der Waals surface area contributed by atoms with Gasteiger partial charge in [0.1, 0.15) is 11.7 Å². The van der Waals surface area contributed by atoms with E-state index in [4.69, 9.17) is 9.57 Å². The second-order valence-corrected chi connectivity index (χ2v) is 6.02. The number of hydrogen-bond acceptors (Lipinski definition) is 5. The Morgan fingerprint density at radius 3 is 2.67 bits per heavy atom. The molecule has 0 bridgehead atoms. The number of amides is 1. The zero-order chi connectivity index (χ0) is 13.5. The summed E-state index contributed by atoms with van der Waals surface area (Å²) in [6, 6.07) is -0.310. The van der Waals surface area contributed by atoms with E-state index < -0.39 is 5.60 Å². The maximum absolute atomic E-state index is 12.1. The molecule has 0 aromatic carbocycles. The van der Waals surface area contributed by atoms with Gasteiger partial charge in [-0.15, -0.1) is 0 Å². The summed E-state index contributed by atoms with van der Waals surface area (Å²) in [6.45, 7) is 6.75. The number of likely N-dealkylation sites (tertiary alicyclic amines) is 1. The van der Waals surface area contributed by atoms with Crippen LogP contribution in [-0.2, 0) is 9.57 Å². The monoisotopic (exact) mass is 258 g/mol. The van der Waals surface area contributed by atoms with Gasteiger partial charge < -0.3 is 9.84 Å². The minimum Gasteiger partial charge on any atom is -0.444 e. The normalized spacial score (nSPS) is 32.7. The van der Waals surface area contributed by atoms with Crippen molar-refractivity contribution in [1.29, 1.82) is 0 Å². The van der Waals surface area contributed by atoms with Crippen molar-refractivity contribution < 1.29 is 19.5 Å². The molecule has 2 aliphatic rings. The average Bonchev–Trinajstić information content (AvgIpc) is 2.70. The molecule has 2 saturated heterocycles. The number of carbonyl (C=O) groups is 1. The first-order valence-corrected chi connectivity index (χ1v) is 6.30. The number of rotatable bonds is 1. The Hall–Kier alpha value is -0.850. The van der Waals surface area contributed by atoms with Crippen LogP contribution < -0.4 is 0 Å². The molecule has 1 N–H and O–H groups in total. The topological polar surface area (TPSA) is 62.2 Å². The highest BCUT2D eigenvalue weighted by Crippen LogP contribution is 2.33. The van der Waals surface area contributed by atoms with Crippen molar-refractivity contribution >= 4 is 6.09 Å². The van der Waals surface area contributed by atoms with Crippen LogP contribution in [0, 0.1) is 5.92 Å². The predicted molar refractivity (Wildman–Crippen MR) is 64.8 cm³/mol. The summed E-state index contributed by atoms with van der Waals surface area (Å²) >= 11 is 0. The number of ether oxygens (including phenoxy) is 1. The van der Waals surface area contributed by atoms with Gasteiger partial charge in [0.15, 0.2) is 0 Å². The Labute approximate surface area is 107 Å². The van der Waals surface area contributed by atoms with Crippen molar-refractivity contribution in [3.63, 3.8) is 0 Å². The van der Waals surface area contributed by atoms with Gasteiger partial charge in [-0.1, -0.05) is 0 Å². The van der Waals surface area contributed by atoms with E-state index in [1.807, 2.05) is 27.8 Å². The molecule has 0 aromatic heterocycles. The van der Waals surface area contributed by atoms with Gasteiger partial charge in [-0.3, -0.25) is 9.74 Å². The largest absolute Gasteiger partial charge is 0.444 e. The molecule has 104 valence electrons. The third-order valence-corrected chi connectivity index (χ3v) is 3.28. The van der Waals surface area contributed by atoms with E-state index >= 15 is 0 Å². The summed E-state index contributed by atoms with van der Waals surface area (Å²) in [5.41, 5.74) is -0.521. The standard InChI is InChI=1S/C12H22N2O4/c1-12(2,3)17-11(16)14-6-8-5-13(4)18-10(8)9(14)7-15/h8-10,15H,5-7H2,1-4H3/t8-,9+,10-/m0/s1. The Kier molecular flexibility index (Phi) is 3.53.